The van der Waals surface area contributed by atoms with Gasteiger partial charge in [0.25, 0.3) is 0 Å². The summed E-state index contributed by atoms with van der Waals surface area (Å²) in [5.41, 5.74) is 3.37. The number of likely N-dealkylation sites (N-methyl/N-ethyl adjacent to an activating group) is 1. The molecule has 5 heteroatoms. The number of carbonyl (C=O) groups excluding carboxylic acids is 1. The zero-order chi connectivity index (χ0) is 21.0. The lowest BCUT2D eigenvalue weighted by molar-refractivity contribution is -0.151. The molecule has 0 fully saturated rings. The lowest BCUT2D eigenvalue weighted by Gasteiger charge is -2.38. The van der Waals surface area contributed by atoms with E-state index in [2.05, 4.69) is 24.3 Å². The normalized spacial score (nSPS) is 14.6. The van der Waals surface area contributed by atoms with Crippen LogP contribution in [0.25, 0.3) is 11.1 Å². The van der Waals surface area contributed by atoms with Crippen LogP contribution in [0.4, 0.5) is 4.79 Å². The van der Waals surface area contributed by atoms with Crippen LogP contribution in [0, 0.1) is 0 Å². The third-order valence-corrected chi connectivity index (χ3v) is 6.04. The summed E-state index contributed by atoms with van der Waals surface area (Å²) < 4.78 is 5.72. The van der Waals surface area contributed by atoms with E-state index >= 15 is 0 Å². The van der Waals surface area contributed by atoms with E-state index in [1.807, 2.05) is 38.1 Å². The summed E-state index contributed by atoms with van der Waals surface area (Å²) in [6, 6.07) is 16.3. The smallest absolute Gasteiger partial charge is 0.410 e. The minimum atomic E-state index is -1.23. The summed E-state index contributed by atoms with van der Waals surface area (Å²) >= 11 is 0. The maximum atomic E-state index is 13.0. The number of rotatable bonds is 8. The van der Waals surface area contributed by atoms with Crippen LogP contribution in [-0.4, -0.2) is 40.8 Å². The third kappa shape index (κ3) is 3.61. The average Bonchev–Trinajstić information content (AvgIpc) is 3.05. The Bertz CT molecular complexity index is 848. The highest BCUT2D eigenvalue weighted by Gasteiger charge is 2.45. The minimum Gasteiger partial charge on any atom is -0.479 e. The van der Waals surface area contributed by atoms with Gasteiger partial charge in [0.05, 0.1) is 0 Å². The summed E-state index contributed by atoms with van der Waals surface area (Å²) in [5.74, 6) is -1.02. The predicted octanol–water partition coefficient (Wildman–Crippen LogP) is 5.29. The van der Waals surface area contributed by atoms with E-state index in [4.69, 9.17) is 4.74 Å². The number of carboxylic acid groups (broad SMARTS) is 1. The van der Waals surface area contributed by atoms with E-state index in [1.165, 1.54) is 4.90 Å². The topological polar surface area (TPSA) is 66.8 Å². The zero-order valence-corrected chi connectivity index (χ0v) is 17.4. The molecular weight excluding hydrogens is 366 g/mol. The standard InChI is InChI=1S/C24H29NO4/c1-4-15-24(5-2,22(26)27)25(6-3)23(28)29-16-21-19-13-9-7-11-17(19)18-12-8-10-14-20(18)21/h7-14,21H,4-6,15-16H2,1-3H3,(H,26,27). The minimum absolute atomic E-state index is 0.0444. The lowest BCUT2D eigenvalue weighted by atomic mass is 9.89. The van der Waals surface area contributed by atoms with Crippen LogP contribution in [0.2, 0.25) is 0 Å². The highest BCUT2D eigenvalue weighted by atomic mass is 16.6. The molecule has 1 unspecified atom stereocenters. The molecule has 1 N–H and O–H groups in total. The van der Waals surface area contributed by atoms with Crippen LogP contribution in [0.3, 0.4) is 0 Å². The van der Waals surface area contributed by atoms with E-state index in [9.17, 15) is 14.7 Å². The molecule has 0 aromatic heterocycles. The van der Waals surface area contributed by atoms with E-state index in [1.54, 1.807) is 6.92 Å². The maximum absolute atomic E-state index is 13.0. The molecule has 0 radical (unpaired) electrons. The van der Waals surface area contributed by atoms with Crippen molar-refractivity contribution in [2.75, 3.05) is 13.2 Å². The van der Waals surface area contributed by atoms with Crippen molar-refractivity contribution in [2.24, 2.45) is 0 Å². The van der Waals surface area contributed by atoms with Crippen molar-refractivity contribution in [1.29, 1.82) is 0 Å². The molecular formula is C24H29NO4. The average molecular weight is 395 g/mol. The highest BCUT2D eigenvalue weighted by Crippen LogP contribution is 2.44. The molecule has 0 bridgehead atoms. The molecule has 0 saturated carbocycles. The van der Waals surface area contributed by atoms with Crippen molar-refractivity contribution in [3.05, 3.63) is 59.7 Å². The van der Waals surface area contributed by atoms with Crippen molar-refractivity contribution in [3.8, 4) is 11.1 Å². The number of benzene rings is 2. The van der Waals surface area contributed by atoms with Crippen molar-refractivity contribution < 1.29 is 19.4 Å². The summed E-state index contributed by atoms with van der Waals surface area (Å²) in [4.78, 5) is 26.4. The number of nitrogens with zero attached hydrogens (tertiary/aromatic N) is 1. The second-order valence-electron chi connectivity index (χ2n) is 7.49. The SMILES string of the molecule is CCCC(CC)(C(=O)O)N(CC)C(=O)OCC1c2ccccc2-c2ccccc21. The lowest BCUT2D eigenvalue weighted by Crippen LogP contribution is -2.57. The van der Waals surface area contributed by atoms with E-state index in [0.29, 0.717) is 19.3 Å². The molecule has 0 saturated heterocycles. The molecule has 29 heavy (non-hydrogen) atoms. The molecule has 5 nitrogen and oxygen atoms in total. The summed E-state index contributed by atoms with van der Waals surface area (Å²) in [5, 5.41) is 9.90. The second-order valence-corrected chi connectivity index (χ2v) is 7.49. The number of carboxylic acids is 1. The third-order valence-electron chi connectivity index (χ3n) is 6.04. The molecule has 1 amide bonds. The molecule has 1 aliphatic rings. The molecule has 0 spiro atoms. The molecule has 0 aliphatic heterocycles. The van der Waals surface area contributed by atoms with Gasteiger partial charge in [-0.25, -0.2) is 9.59 Å². The Hall–Kier alpha value is -2.82. The largest absolute Gasteiger partial charge is 0.479 e. The number of hydrogen-bond donors (Lipinski definition) is 1. The van der Waals surface area contributed by atoms with Crippen LogP contribution in [-0.2, 0) is 9.53 Å². The molecule has 2 aromatic carbocycles. The van der Waals surface area contributed by atoms with Gasteiger partial charge in [-0.2, -0.15) is 0 Å². The monoisotopic (exact) mass is 395 g/mol. The van der Waals surface area contributed by atoms with Crippen molar-refractivity contribution in [1.82, 2.24) is 4.90 Å². The number of hydrogen-bond acceptors (Lipinski definition) is 3. The molecule has 2 aromatic rings. The van der Waals surface area contributed by atoms with Gasteiger partial charge >= 0.3 is 12.1 Å². The Morgan fingerprint density at radius 2 is 1.55 bits per heavy atom. The molecule has 0 heterocycles. The van der Waals surface area contributed by atoms with Crippen LogP contribution < -0.4 is 0 Å². The van der Waals surface area contributed by atoms with Gasteiger partial charge in [-0.05, 0) is 42.0 Å². The Balaban J connectivity index is 1.83. The molecule has 1 atom stereocenters. The van der Waals surface area contributed by atoms with Gasteiger partial charge in [-0.15, -0.1) is 0 Å². The molecule has 154 valence electrons. The van der Waals surface area contributed by atoms with Gasteiger partial charge in [0.1, 0.15) is 12.1 Å². The first kappa shape index (κ1) is 20.9. The quantitative estimate of drug-likeness (QED) is 0.659. The van der Waals surface area contributed by atoms with Crippen molar-refractivity contribution in [3.63, 3.8) is 0 Å². The van der Waals surface area contributed by atoms with Gasteiger partial charge in [0, 0.05) is 12.5 Å². The van der Waals surface area contributed by atoms with Crippen molar-refractivity contribution in [2.45, 2.75) is 51.5 Å². The number of amides is 1. The number of fused-ring (bicyclic) bond motifs is 3. The Labute approximate surface area is 172 Å². The summed E-state index contributed by atoms with van der Waals surface area (Å²) in [6.45, 7) is 6.01. The first-order valence-corrected chi connectivity index (χ1v) is 10.4. The van der Waals surface area contributed by atoms with Crippen molar-refractivity contribution >= 4 is 12.1 Å². The fourth-order valence-electron chi connectivity index (χ4n) is 4.57. The first-order valence-electron chi connectivity index (χ1n) is 10.4. The molecule has 1 aliphatic carbocycles. The summed E-state index contributed by atoms with van der Waals surface area (Å²) in [6.07, 6.45) is 0.852. The fraction of sp³-hybridized carbons (Fsp3) is 0.417. The van der Waals surface area contributed by atoms with Gasteiger partial charge in [0.15, 0.2) is 0 Å². The Morgan fingerprint density at radius 1 is 1.00 bits per heavy atom. The number of ether oxygens (including phenoxy) is 1. The van der Waals surface area contributed by atoms with Gasteiger partial charge < -0.3 is 9.84 Å². The van der Waals surface area contributed by atoms with Crippen LogP contribution in [0.1, 0.15) is 57.1 Å². The van der Waals surface area contributed by atoms with E-state index in [-0.39, 0.29) is 19.1 Å². The van der Waals surface area contributed by atoms with Gasteiger partial charge in [0.2, 0.25) is 0 Å². The highest BCUT2D eigenvalue weighted by molar-refractivity contribution is 5.84. The maximum Gasteiger partial charge on any atom is 0.410 e. The summed E-state index contributed by atoms with van der Waals surface area (Å²) in [7, 11) is 0. The fourth-order valence-corrected chi connectivity index (χ4v) is 4.57. The second kappa shape index (κ2) is 8.68. The molecule has 3 rings (SSSR count). The number of carbonyl (C=O) groups is 2. The van der Waals surface area contributed by atoms with Gasteiger partial charge in [-0.1, -0.05) is 68.8 Å². The van der Waals surface area contributed by atoms with Gasteiger partial charge in [-0.3, -0.25) is 4.90 Å². The first-order chi connectivity index (χ1) is 14.0. The van der Waals surface area contributed by atoms with E-state index in [0.717, 1.165) is 22.3 Å². The predicted molar refractivity (Wildman–Crippen MR) is 113 cm³/mol. The Morgan fingerprint density at radius 3 is 2.00 bits per heavy atom. The zero-order valence-electron chi connectivity index (χ0n) is 17.4. The van der Waals surface area contributed by atoms with Crippen LogP contribution in [0.15, 0.2) is 48.5 Å². The van der Waals surface area contributed by atoms with Crippen LogP contribution in [0.5, 0.6) is 0 Å². The Kier molecular flexibility index (Phi) is 6.26. The van der Waals surface area contributed by atoms with E-state index < -0.39 is 17.6 Å². The number of aliphatic carboxylic acids is 1. The van der Waals surface area contributed by atoms with Crippen LogP contribution >= 0.6 is 0 Å².